The van der Waals surface area contributed by atoms with Gasteiger partial charge in [0.2, 0.25) is 0 Å². The van der Waals surface area contributed by atoms with Crippen LogP contribution >= 0.6 is 0 Å². The molecule has 0 aliphatic carbocycles. The van der Waals surface area contributed by atoms with Crippen LogP contribution in [0.25, 0.3) is 0 Å². The second kappa shape index (κ2) is 5.39. The van der Waals surface area contributed by atoms with Crippen molar-refractivity contribution >= 4 is 4.92 Å². The summed E-state index contributed by atoms with van der Waals surface area (Å²) in [5, 5.41) is 0. The average molecular weight is 124 g/mol. The Morgan fingerprint density at radius 1 is 1.67 bits per heavy atom. The SMILES string of the molecule is [CH2-]CCC[CH]=[Mn]. The van der Waals surface area contributed by atoms with Crippen LogP contribution in [-0.4, -0.2) is 4.92 Å². The van der Waals surface area contributed by atoms with Gasteiger partial charge in [-0.05, 0) is 0 Å². The van der Waals surface area contributed by atoms with Crippen molar-refractivity contribution in [2.45, 2.75) is 19.3 Å². The van der Waals surface area contributed by atoms with Crippen LogP contribution in [-0.2, 0) is 15.6 Å². The summed E-state index contributed by atoms with van der Waals surface area (Å²) in [6.45, 7) is 3.68. The van der Waals surface area contributed by atoms with Crippen molar-refractivity contribution in [3.8, 4) is 0 Å². The molecule has 0 fully saturated rings. The fraction of sp³-hybridized carbons (Fsp3) is 0.600. The summed E-state index contributed by atoms with van der Waals surface area (Å²) in [5.41, 5.74) is 0. The van der Waals surface area contributed by atoms with E-state index in [0.29, 0.717) is 0 Å². The predicted molar refractivity (Wildman–Crippen MR) is 25.3 cm³/mol. The Bertz CT molecular complexity index is 32.9. The van der Waals surface area contributed by atoms with Gasteiger partial charge in [0, 0.05) is 0 Å². The molecule has 6 heavy (non-hydrogen) atoms. The van der Waals surface area contributed by atoms with E-state index < -0.39 is 0 Å². The monoisotopic (exact) mass is 124 g/mol. The van der Waals surface area contributed by atoms with Crippen LogP contribution in [0, 0.1) is 6.92 Å². The van der Waals surface area contributed by atoms with E-state index in [4.69, 9.17) is 0 Å². The summed E-state index contributed by atoms with van der Waals surface area (Å²) in [5.74, 6) is 0. The van der Waals surface area contributed by atoms with E-state index in [1.807, 2.05) is 4.92 Å². The number of unbranched alkanes of at least 4 members (excludes halogenated alkanes) is 2. The average Bonchev–Trinajstić information content (AvgIpc) is 1.61. The normalized spacial score (nSPS) is 8.17. The van der Waals surface area contributed by atoms with Crippen molar-refractivity contribution in [1.29, 1.82) is 0 Å². The zero-order valence-corrected chi connectivity index (χ0v) is 4.96. The third-order valence-corrected chi connectivity index (χ3v) is 0.904. The van der Waals surface area contributed by atoms with Crippen LogP contribution < -0.4 is 0 Å². The van der Waals surface area contributed by atoms with Gasteiger partial charge in [-0.25, -0.2) is 0 Å². The van der Waals surface area contributed by atoms with Crippen molar-refractivity contribution in [3.05, 3.63) is 6.92 Å². The predicted octanol–water partition coefficient (Wildman–Crippen LogP) is 1.34. The minimum absolute atomic E-state index is 1.04. The van der Waals surface area contributed by atoms with E-state index in [-0.39, 0.29) is 0 Å². The molecule has 0 saturated heterocycles. The summed E-state index contributed by atoms with van der Waals surface area (Å²) >= 11 is 3.20. The molecular weight excluding hydrogens is 115 g/mol. The van der Waals surface area contributed by atoms with Crippen LogP contribution in [0.3, 0.4) is 0 Å². The summed E-state index contributed by atoms with van der Waals surface area (Å²) in [4.78, 5) is 1.98. The number of hydrogen-bond donors (Lipinski definition) is 0. The summed E-state index contributed by atoms with van der Waals surface area (Å²) < 4.78 is 0. The fourth-order valence-corrected chi connectivity index (χ4v) is 0.462. The fourth-order valence-electron chi connectivity index (χ4n) is 0.221. The molecule has 0 rings (SSSR count). The van der Waals surface area contributed by atoms with Crippen LogP contribution in [0.15, 0.2) is 0 Å². The molecule has 0 atom stereocenters. The molecule has 0 spiro atoms. The van der Waals surface area contributed by atoms with Gasteiger partial charge in [0.15, 0.2) is 0 Å². The zero-order chi connectivity index (χ0) is 4.83. The van der Waals surface area contributed by atoms with E-state index >= 15 is 0 Å². The Morgan fingerprint density at radius 2 is 2.33 bits per heavy atom. The molecule has 0 heterocycles. The minimum atomic E-state index is 1.04. The van der Waals surface area contributed by atoms with Gasteiger partial charge in [-0.1, -0.05) is 0 Å². The maximum absolute atomic E-state index is 3.68. The summed E-state index contributed by atoms with van der Waals surface area (Å²) in [6, 6.07) is 0. The number of rotatable bonds is 3. The molecule has 0 radical (unpaired) electrons. The van der Waals surface area contributed by atoms with Crippen LogP contribution in [0.2, 0.25) is 0 Å². The number of hydrogen-bond acceptors (Lipinski definition) is 0. The van der Waals surface area contributed by atoms with Crippen molar-refractivity contribution in [3.63, 3.8) is 0 Å². The van der Waals surface area contributed by atoms with Gasteiger partial charge in [0.1, 0.15) is 0 Å². The van der Waals surface area contributed by atoms with Crippen LogP contribution in [0.4, 0.5) is 0 Å². The Kier molecular flexibility index (Phi) is 5.74. The topological polar surface area (TPSA) is 0 Å². The van der Waals surface area contributed by atoms with Crippen molar-refractivity contribution < 1.29 is 15.6 Å². The molecule has 0 aromatic heterocycles. The first-order chi connectivity index (χ1) is 2.91. The van der Waals surface area contributed by atoms with E-state index in [1.165, 1.54) is 6.42 Å². The Labute approximate surface area is 47.3 Å². The van der Waals surface area contributed by atoms with Crippen LogP contribution in [0.5, 0.6) is 0 Å². The van der Waals surface area contributed by atoms with Gasteiger partial charge in [-0.2, -0.15) is 0 Å². The molecule has 0 saturated carbocycles. The Morgan fingerprint density at radius 3 is 2.50 bits per heavy atom. The second-order valence-electron chi connectivity index (χ2n) is 1.15. The standard InChI is InChI=1S/C5H9.Mn/c1-3-5-4-2;/h1H,2-5H2;/q-1;. The quantitative estimate of drug-likeness (QED) is 0.302. The molecule has 0 N–H and O–H groups in total. The van der Waals surface area contributed by atoms with Gasteiger partial charge < -0.3 is 0 Å². The molecule has 0 aromatic rings. The Balaban J connectivity index is 2.49. The Hall–Kier alpha value is 0.389. The van der Waals surface area contributed by atoms with Gasteiger partial charge in [0.25, 0.3) is 0 Å². The van der Waals surface area contributed by atoms with Crippen molar-refractivity contribution in [1.82, 2.24) is 0 Å². The third kappa shape index (κ3) is 4.39. The molecule has 37 valence electrons. The maximum atomic E-state index is 3.68. The first kappa shape index (κ1) is 6.39. The zero-order valence-electron chi connectivity index (χ0n) is 3.78. The second-order valence-corrected chi connectivity index (χ2v) is 1.63. The molecule has 0 amide bonds. The molecule has 0 aliphatic rings. The van der Waals surface area contributed by atoms with Gasteiger partial charge in [-0.3, -0.25) is 0 Å². The molecule has 0 nitrogen and oxygen atoms in total. The van der Waals surface area contributed by atoms with Crippen molar-refractivity contribution in [2.24, 2.45) is 0 Å². The molecule has 0 unspecified atom stereocenters. The van der Waals surface area contributed by atoms with Gasteiger partial charge in [-0.15, -0.1) is 0 Å². The van der Waals surface area contributed by atoms with Gasteiger partial charge in [0.05, 0.1) is 0 Å². The van der Waals surface area contributed by atoms with Gasteiger partial charge >= 0.3 is 46.7 Å². The molecular formula is C5H9Mn-. The molecule has 0 aliphatic heterocycles. The van der Waals surface area contributed by atoms with Crippen LogP contribution in [0.1, 0.15) is 19.3 Å². The van der Waals surface area contributed by atoms with E-state index in [1.54, 1.807) is 0 Å². The first-order valence-electron chi connectivity index (χ1n) is 2.13. The van der Waals surface area contributed by atoms with E-state index in [0.717, 1.165) is 12.8 Å². The molecule has 1 heteroatoms. The van der Waals surface area contributed by atoms with E-state index in [2.05, 4.69) is 22.5 Å². The molecule has 0 aromatic carbocycles. The van der Waals surface area contributed by atoms with E-state index in [9.17, 15) is 0 Å². The molecule has 0 bridgehead atoms. The van der Waals surface area contributed by atoms with Crippen molar-refractivity contribution in [2.75, 3.05) is 0 Å². The summed E-state index contributed by atoms with van der Waals surface area (Å²) in [7, 11) is 0. The summed E-state index contributed by atoms with van der Waals surface area (Å²) in [6.07, 6.45) is 3.39. The first-order valence-corrected chi connectivity index (χ1v) is 2.81. The third-order valence-electron chi connectivity index (χ3n) is 0.563.